The van der Waals surface area contributed by atoms with E-state index in [1.807, 2.05) is 13.1 Å². The van der Waals surface area contributed by atoms with Gasteiger partial charge >= 0.3 is 0 Å². The first kappa shape index (κ1) is 13.6. The molecular formula is C15H26N2O. The lowest BCUT2D eigenvalue weighted by atomic mass is 9.90. The van der Waals surface area contributed by atoms with E-state index in [0.717, 1.165) is 5.76 Å². The van der Waals surface area contributed by atoms with Crippen LogP contribution >= 0.6 is 0 Å². The summed E-state index contributed by atoms with van der Waals surface area (Å²) in [5.74, 6) is 1.03. The Bertz CT molecular complexity index is 337. The lowest BCUT2D eigenvalue weighted by Gasteiger charge is -2.43. The van der Waals surface area contributed by atoms with E-state index in [9.17, 15) is 0 Å². The summed E-state index contributed by atoms with van der Waals surface area (Å²) in [4.78, 5) is 2.61. The highest BCUT2D eigenvalue weighted by Gasteiger charge is 2.37. The Morgan fingerprint density at radius 3 is 2.39 bits per heavy atom. The van der Waals surface area contributed by atoms with Crippen LogP contribution in [0.2, 0.25) is 0 Å². The van der Waals surface area contributed by atoms with E-state index >= 15 is 0 Å². The van der Waals surface area contributed by atoms with Crippen molar-refractivity contribution < 1.29 is 4.42 Å². The Morgan fingerprint density at radius 1 is 1.22 bits per heavy atom. The Hall–Kier alpha value is -0.800. The maximum absolute atomic E-state index is 5.61. The van der Waals surface area contributed by atoms with E-state index in [2.05, 4.69) is 30.1 Å². The fraction of sp³-hybridized carbons (Fsp3) is 0.733. The van der Waals surface area contributed by atoms with Crippen molar-refractivity contribution in [1.82, 2.24) is 10.2 Å². The number of nitrogens with one attached hydrogen (secondary N) is 1. The molecule has 3 nitrogen and oxygen atoms in total. The molecule has 102 valence electrons. The lowest BCUT2D eigenvalue weighted by molar-refractivity contribution is 0.0779. The van der Waals surface area contributed by atoms with Crippen LogP contribution in [0.3, 0.4) is 0 Å². The fourth-order valence-electron chi connectivity index (χ4n) is 3.13. The topological polar surface area (TPSA) is 28.4 Å². The average Bonchev–Trinajstić information content (AvgIpc) is 2.70. The Balaban J connectivity index is 2.16. The average molecular weight is 250 g/mol. The maximum Gasteiger partial charge on any atom is 0.122 e. The molecule has 1 aliphatic rings. The predicted octanol–water partition coefficient (Wildman–Crippen LogP) is 3.19. The number of rotatable bonds is 4. The number of likely N-dealkylation sites (N-methyl/N-ethyl adjacent to an activating group) is 1. The molecule has 0 saturated carbocycles. The molecular weight excluding hydrogens is 224 g/mol. The fourth-order valence-corrected chi connectivity index (χ4v) is 3.13. The molecule has 1 aromatic heterocycles. The predicted molar refractivity (Wildman–Crippen MR) is 74.6 cm³/mol. The summed E-state index contributed by atoms with van der Waals surface area (Å²) < 4.78 is 5.61. The second-order valence-electron chi connectivity index (χ2n) is 5.79. The van der Waals surface area contributed by atoms with Crippen LogP contribution in [-0.4, -0.2) is 30.6 Å². The summed E-state index contributed by atoms with van der Waals surface area (Å²) in [7, 11) is 2.02. The number of nitrogens with zero attached hydrogens (tertiary/aromatic N) is 1. The minimum atomic E-state index is 0.0803. The molecule has 0 bridgehead atoms. The molecule has 1 aromatic rings. The number of hydrogen-bond acceptors (Lipinski definition) is 3. The molecule has 0 spiro atoms. The van der Waals surface area contributed by atoms with Gasteiger partial charge in [0.15, 0.2) is 0 Å². The van der Waals surface area contributed by atoms with Crippen LogP contribution in [0.15, 0.2) is 22.8 Å². The highest BCUT2D eigenvalue weighted by Crippen LogP contribution is 2.32. The van der Waals surface area contributed by atoms with Gasteiger partial charge in [-0.25, -0.2) is 0 Å². The van der Waals surface area contributed by atoms with Crippen molar-refractivity contribution in [2.75, 3.05) is 20.1 Å². The molecule has 1 atom stereocenters. The van der Waals surface area contributed by atoms with E-state index in [0.29, 0.717) is 0 Å². The summed E-state index contributed by atoms with van der Waals surface area (Å²) in [6, 6.07) is 4.28. The van der Waals surface area contributed by atoms with Gasteiger partial charge in [-0.05, 0) is 59.0 Å². The van der Waals surface area contributed by atoms with Crippen molar-refractivity contribution in [2.24, 2.45) is 0 Å². The first-order chi connectivity index (χ1) is 8.66. The second-order valence-corrected chi connectivity index (χ2v) is 5.79. The van der Waals surface area contributed by atoms with Gasteiger partial charge in [0.2, 0.25) is 0 Å². The molecule has 1 N–H and O–H groups in total. The maximum atomic E-state index is 5.61. The molecule has 2 heterocycles. The first-order valence-electron chi connectivity index (χ1n) is 7.12. The Kier molecular flexibility index (Phi) is 4.46. The molecule has 2 rings (SSSR count). The third-order valence-corrected chi connectivity index (χ3v) is 4.24. The standard InChI is InChI=1S/C15H26N2O/c1-15(2,17-10-6-4-5-7-11-17)14(16-3)13-9-8-12-18-13/h8-9,12,14,16H,4-7,10-11H2,1-3H3. The molecule has 1 unspecified atom stereocenters. The zero-order chi connectivity index (χ0) is 13.0. The lowest BCUT2D eigenvalue weighted by Crippen LogP contribution is -2.52. The van der Waals surface area contributed by atoms with Gasteiger partial charge in [-0.15, -0.1) is 0 Å². The summed E-state index contributed by atoms with van der Waals surface area (Å²) in [5.41, 5.74) is 0.0803. The minimum absolute atomic E-state index is 0.0803. The van der Waals surface area contributed by atoms with Crippen LogP contribution in [-0.2, 0) is 0 Å². The monoisotopic (exact) mass is 250 g/mol. The Labute approximate surface area is 111 Å². The van der Waals surface area contributed by atoms with Crippen LogP contribution in [0.1, 0.15) is 51.3 Å². The summed E-state index contributed by atoms with van der Waals surface area (Å²) in [5, 5.41) is 3.43. The molecule has 1 saturated heterocycles. The summed E-state index contributed by atoms with van der Waals surface area (Å²) in [6.45, 7) is 7.04. The molecule has 0 aromatic carbocycles. The van der Waals surface area contributed by atoms with E-state index < -0.39 is 0 Å². The van der Waals surface area contributed by atoms with Crippen molar-refractivity contribution in [2.45, 2.75) is 51.1 Å². The smallest absolute Gasteiger partial charge is 0.122 e. The normalized spacial score (nSPS) is 20.6. The number of hydrogen-bond donors (Lipinski definition) is 1. The van der Waals surface area contributed by atoms with Crippen LogP contribution in [0.25, 0.3) is 0 Å². The third-order valence-electron chi connectivity index (χ3n) is 4.24. The highest BCUT2D eigenvalue weighted by atomic mass is 16.3. The van der Waals surface area contributed by atoms with Crippen molar-refractivity contribution in [3.8, 4) is 0 Å². The molecule has 0 aliphatic carbocycles. The van der Waals surface area contributed by atoms with Crippen molar-refractivity contribution in [3.05, 3.63) is 24.2 Å². The Morgan fingerprint density at radius 2 is 1.89 bits per heavy atom. The van der Waals surface area contributed by atoms with E-state index in [-0.39, 0.29) is 11.6 Å². The van der Waals surface area contributed by atoms with Gasteiger partial charge in [0.25, 0.3) is 0 Å². The molecule has 0 radical (unpaired) electrons. The van der Waals surface area contributed by atoms with Gasteiger partial charge in [-0.3, -0.25) is 4.90 Å². The molecule has 1 fully saturated rings. The SMILES string of the molecule is CNC(c1ccco1)C(C)(C)N1CCCCCC1. The quantitative estimate of drug-likeness (QED) is 0.889. The van der Waals surface area contributed by atoms with Crippen molar-refractivity contribution >= 4 is 0 Å². The van der Waals surface area contributed by atoms with Crippen LogP contribution in [0, 0.1) is 0 Å². The van der Waals surface area contributed by atoms with Crippen LogP contribution < -0.4 is 5.32 Å². The third kappa shape index (κ3) is 2.78. The molecule has 18 heavy (non-hydrogen) atoms. The zero-order valence-electron chi connectivity index (χ0n) is 11.9. The van der Waals surface area contributed by atoms with Crippen molar-refractivity contribution in [3.63, 3.8) is 0 Å². The molecule has 3 heteroatoms. The minimum Gasteiger partial charge on any atom is -0.468 e. The van der Waals surface area contributed by atoms with E-state index in [4.69, 9.17) is 4.42 Å². The first-order valence-corrected chi connectivity index (χ1v) is 7.12. The zero-order valence-corrected chi connectivity index (χ0v) is 11.9. The largest absolute Gasteiger partial charge is 0.468 e. The second kappa shape index (κ2) is 5.89. The molecule has 0 amide bonds. The number of furan rings is 1. The van der Waals surface area contributed by atoms with Gasteiger partial charge in [0, 0.05) is 5.54 Å². The van der Waals surface area contributed by atoms with Gasteiger partial charge in [-0.1, -0.05) is 12.8 Å². The van der Waals surface area contributed by atoms with Gasteiger partial charge < -0.3 is 9.73 Å². The van der Waals surface area contributed by atoms with Gasteiger partial charge in [-0.2, -0.15) is 0 Å². The van der Waals surface area contributed by atoms with Gasteiger partial charge in [0.1, 0.15) is 5.76 Å². The van der Waals surface area contributed by atoms with E-state index in [1.165, 1.54) is 38.8 Å². The molecule has 1 aliphatic heterocycles. The van der Waals surface area contributed by atoms with Crippen molar-refractivity contribution in [1.29, 1.82) is 0 Å². The van der Waals surface area contributed by atoms with E-state index in [1.54, 1.807) is 6.26 Å². The summed E-state index contributed by atoms with van der Waals surface area (Å²) >= 11 is 0. The van der Waals surface area contributed by atoms with Crippen LogP contribution in [0.4, 0.5) is 0 Å². The van der Waals surface area contributed by atoms with Gasteiger partial charge in [0.05, 0.1) is 12.3 Å². The highest BCUT2D eigenvalue weighted by molar-refractivity contribution is 5.11. The van der Waals surface area contributed by atoms with Crippen LogP contribution in [0.5, 0.6) is 0 Å². The summed E-state index contributed by atoms with van der Waals surface area (Å²) in [6.07, 6.45) is 7.14. The number of likely N-dealkylation sites (tertiary alicyclic amines) is 1.